The molecule has 1 amide bonds. The van der Waals surface area contributed by atoms with Crippen LogP contribution in [0.1, 0.15) is 37.3 Å². The number of carbonyl (C=O) groups is 2. The maximum absolute atomic E-state index is 12.2. The molecular formula is C21H27Cl2N3O4. The Bertz CT molecular complexity index is 834. The standard InChI is InChI=1S/C21H26ClN3O4.ClH/c1-13(2)20(23)21(28)25-11-16(10-19(26)27)15-3-4-17(22)18(9-15)29-12-14-5-7-24-8-6-14;/h3-9,13,16,20H,10-12,23H2,1-2H3,(H,25,28)(H,26,27);1H/t16-,20-;/m0./s1. The summed E-state index contributed by atoms with van der Waals surface area (Å²) in [7, 11) is 0. The van der Waals surface area contributed by atoms with Crippen LogP contribution in [0, 0.1) is 5.92 Å². The van der Waals surface area contributed by atoms with Crippen molar-refractivity contribution in [2.24, 2.45) is 11.7 Å². The lowest BCUT2D eigenvalue weighted by Gasteiger charge is -2.20. The first-order valence-corrected chi connectivity index (χ1v) is 9.72. The topological polar surface area (TPSA) is 115 Å². The Hall–Kier alpha value is -2.35. The van der Waals surface area contributed by atoms with Crippen molar-refractivity contribution in [2.75, 3.05) is 6.54 Å². The Balaban J connectivity index is 0.00000450. The van der Waals surface area contributed by atoms with E-state index >= 15 is 0 Å². The van der Waals surface area contributed by atoms with E-state index in [1.165, 1.54) is 0 Å². The van der Waals surface area contributed by atoms with Crippen LogP contribution in [0.25, 0.3) is 0 Å². The molecule has 2 aromatic rings. The number of carboxylic acids is 1. The van der Waals surface area contributed by atoms with E-state index in [2.05, 4.69) is 10.3 Å². The van der Waals surface area contributed by atoms with Crippen LogP contribution in [-0.4, -0.2) is 34.6 Å². The molecule has 1 aromatic carbocycles. The van der Waals surface area contributed by atoms with Gasteiger partial charge in [-0.05, 0) is 41.3 Å². The minimum atomic E-state index is -0.966. The van der Waals surface area contributed by atoms with Crippen molar-refractivity contribution in [3.63, 3.8) is 0 Å². The molecule has 0 saturated heterocycles. The minimum absolute atomic E-state index is 0. The van der Waals surface area contributed by atoms with Gasteiger partial charge in [-0.3, -0.25) is 14.6 Å². The Labute approximate surface area is 187 Å². The lowest BCUT2D eigenvalue weighted by molar-refractivity contribution is -0.137. The molecule has 7 nitrogen and oxygen atoms in total. The van der Waals surface area contributed by atoms with Gasteiger partial charge in [0.2, 0.25) is 5.91 Å². The zero-order valence-electron chi connectivity index (χ0n) is 16.9. The average molecular weight is 456 g/mol. The molecule has 0 saturated carbocycles. The molecule has 30 heavy (non-hydrogen) atoms. The van der Waals surface area contributed by atoms with Gasteiger partial charge in [0.15, 0.2) is 0 Å². The molecule has 0 aliphatic heterocycles. The molecule has 2 atom stereocenters. The fourth-order valence-corrected chi connectivity index (χ4v) is 2.86. The van der Waals surface area contributed by atoms with Gasteiger partial charge in [0.05, 0.1) is 17.5 Å². The number of halogens is 2. The summed E-state index contributed by atoms with van der Waals surface area (Å²) in [5, 5.41) is 12.5. The van der Waals surface area contributed by atoms with Crippen LogP contribution in [0.5, 0.6) is 5.75 Å². The van der Waals surface area contributed by atoms with Crippen molar-refractivity contribution >= 4 is 35.9 Å². The third-order valence-corrected chi connectivity index (χ3v) is 4.85. The quantitative estimate of drug-likeness (QED) is 0.505. The van der Waals surface area contributed by atoms with Crippen molar-refractivity contribution in [1.82, 2.24) is 10.3 Å². The second kappa shape index (κ2) is 12.4. The van der Waals surface area contributed by atoms with Gasteiger partial charge in [-0.2, -0.15) is 0 Å². The first kappa shape index (κ1) is 25.7. The number of pyridine rings is 1. The molecule has 0 spiro atoms. The van der Waals surface area contributed by atoms with E-state index in [0.29, 0.717) is 22.9 Å². The molecule has 0 radical (unpaired) electrons. The van der Waals surface area contributed by atoms with Crippen LogP contribution >= 0.6 is 24.0 Å². The number of nitrogens with zero attached hydrogens (tertiary/aromatic N) is 1. The van der Waals surface area contributed by atoms with Gasteiger partial charge in [-0.25, -0.2) is 0 Å². The molecule has 164 valence electrons. The number of carbonyl (C=O) groups excluding carboxylic acids is 1. The first-order valence-electron chi connectivity index (χ1n) is 9.34. The number of nitrogens with two attached hydrogens (primary N) is 1. The van der Waals surface area contributed by atoms with E-state index in [1.54, 1.807) is 30.6 Å². The third kappa shape index (κ3) is 7.82. The Kier molecular flexibility index (Phi) is 10.6. The smallest absolute Gasteiger partial charge is 0.304 e. The lowest BCUT2D eigenvalue weighted by Crippen LogP contribution is -2.45. The summed E-state index contributed by atoms with van der Waals surface area (Å²) < 4.78 is 5.80. The maximum Gasteiger partial charge on any atom is 0.304 e. The van der Waals surface area contributed by atoms with Gasteiger partial charge in [0.25, 0.3) is 0 Å². The van der Waals surface area contributed by atoms with Crippen molar-refractivity contribution in [2.45, 2.75) is 38.8 Å². The highest BCUT2D eigenvalue weighted by atomic mass is 35.5. The molecule has 0 aliphatic carbocycles. The molecular weight excluding hydrogens is 429 g/mol. The predicted octanol–water partition coefficient (Wildman–Crippen LogP) is 3.39. The van der Waals surface area contributed by atoms with Crippen molar-refractivity contribution < 1.29 is 19.4 Å². The SMILES string of the molecule is CC(C)[C@H](N)C(=O)NC[C@H](CC(=O)O)c1ccc(Cl)c(OCc2ccncc2)c1.Cl. The molecule has 0 unspecified atom stereocenters. The maximum atomic E-state index is 12.2. The number of benzene rings is 1. The molecule has 9 heteroatoms. The van der Waals surface area contributed by atoms with Crippen molar-refractivity contribution in [1.29, 1.82) is 0 Å². The Morgan fingerprint density at radius 2 is 1.90 bits per heavy atom. The third-order valence-electron chi connectivity index (χ3n) is 4.54. The Morgan fingerprint density at radius 1 is 1.23 bits per heavy atom. The number of aliphatic carboxylic acids is 1. The normalized spacial score (nSPS) is 12.6. The van der Waals surface area contributed by atoms with E-state index in [0.717, 1.165) is 5.56 Å². The second-order valence-electron chi connectivity index (χ2n) is 7.14. The summed E-state index contributed by atoms with van der Waals surface area (Å²) in [5.41, 5.74) is 7.49. The van der Waals surface area contributed by atoms with Crippen LogP contribution < -0.4 is 15.8 Å². The average Bonchev–Trinajstić information content (AvgIpc) is 2.70. The summed E-state index contributed by atoms with van der Waals surface area (Å²) in [6, 6.07) is 8.13. The molecule has 0 bridgehead atoms. The summed E-state index contributed by atoms with van der Waals surface area (Å²) in [4.78, 5) is 27.4. The Morgan fingerprint density at radius 3 is 2.50 bits per heavy atom. The zero-order valence-corrected chi connectivity index (χ0v) is 18.4. The first-order chi connectivity index (χ1) is 13.8. The number of carboxylic acid groups (broad SMARTS) is 1. The molecule has 1 heterocycles. The lowest BCUT2D eigenvalue weighted by atomic mass is 9.95. The van der Waals surface area contributed by atoms with Gasteiger partial charge in [-0.1, -0.05) is 31.5 Å². The number of hydrogen-bond donors (Lipinski definition) is 3. The van der Waals surface area contributed by atoms with Crippen LogP contribution in [-0.2, 0) is 16.2 Å². The van der Waals surface area contributed by atoms with Crippen LogP contribution in [0.15, 0.2) is 42.7 Å². The summed E-state index contributed by atoms with van der Waals surface area (Å²) >= 11 is 6.24. The van der Waals surface area contributed by atoms with E-state index in [9.17, 15) is 14.7 Å². The summed E-state index contributed by atoms with van der Waals surface area (Å²) in [6.07, 6.45) is 3.19. The zero-order chi connectivity index (χ0) is 21.4. The van der Waals surface area contributed by atoms with E-state index in [1.807, 2.05) is 26.0 Å². The van der Waals surface area contributed by atoms with Gasteiger partial charge in [0.1, 0.15) is 12.4 Å². The van der Waals surface area contributed by atoms with Crippen LogP contribution in [0.3, 0.4) is 0 Å². The largest absolute Gasteiger partial charge is 0.487 e. The molecule has 0 aliphatic rings. The van der Waals surface area contributed by atoms with Crippen LogP contribution in [0.2, 0.25) is 5.02 Å². The number of hydrogen-bond acceptors (Lipinski definition) is 5. The van der Waals surface area contributed by atoms with Gasteiger partial charge >= 0.3 is 5.97 Å². The molecule has 4 N–H and O–H groups in total. The van der Waals surface area contributed by atoms with Crippen LogP contribution in [0.4, 0.5) is 0 Å². The number of aromatic nitrogens is 1. The fraction of sp³-hybridized carbons (Fsp3) is 0.381. The number of rotatable bonds is 10. The summed E-state index contributed by atoms with van der Waals surface area (Å²) in [6.45, 7) is 4.15. The molecule has 0 fully saturated rings. The number of amides is 1. The minimum Gasteiger partial charge on any atom is -0.487 e. The van der Waals surface area contributed by atoms with Crippen molar-refractivity contribution in [3.05, 3.63) is 58.9 Å². The van der Waals surface area contributed by atoms with Gasteiger partial charge in [0, 0.05) is 24.9 Å². The number of ether oxygens (including phenoxy) is 1. The fourth-order valence-electron chi connectivity index (χ4n) is 2.69. The van der Waals surface area contributed by atoms with E-state index in [-0.39, 0.29) is 37.2 Å². The highest BCUT2D eigenvalue weighted by molar-refractivity contribution is 6.32. The monoisotopic (exact) mass is 455 g/mol. The summed E-state index contributed by atoms with van der Waals surface area (Å²) in [5.74, 6) is -1.29. The van der Waals surface area contributed by atoms with Gasteiger partial charge < -0.3 is 20.9 Å². The van der Waals surface area contributed by atoms with Crippen molar-refractivity contribution in [3.8, 4) is 5.75 Å². The number of nitrogens with one attached hydrogen (secondary N) is 1. The molecule has 1 aromatic heterocycles. The van der Waals surface area contributed by atoms with E-state index in [4.69, 9.17) is 22.1 Å². The highest BCUT2D eigenvalue weighted by Crippen LogP contribution is 2.30. The predicted molar refractivity (Wildman–Crippen MR) is 118 cm³/mol. The van der Waals surface area contributed by atoms with Gasteiger partial charge in [-0.15, -0.1) is 12.4 Å². The molecule has 2 rings (SSSR count). The second-order valence-corrected chi connectivity index (χ2v) is 7.55. The van der Waals surface area contributed by atoms with E-state index < -0.39 is 17.9 Å². The highest BCUT2D eigenvalue weighted by Gasteiger charge is 2.21.